The van der Waals surface area contributed by atoms with E-state index in [1.165, 1.54) is 0 Å². The molecule has 1 unspecified atom stereocenters. The number of nitrogens with one attached hydrogen (secondary N) is 1. The number of carbonyl (C=O) groups is 1. The number of halogens is 1. The summed E-state index contributed by atoms with van der Waals surface area (Å²) in [7, 11) is 1.66. The van der Waals surface area contributed by atoms with Gasteiger partial charge in [0.1, 0.15) is 5.75 Å². The Morgan fingerprint density at radius 3 is 2.35 bits per heavy atom. The van der Waals surface area contributed by atoms with Gasteiger partial charge in [-0.15, -0.1) is 0 Å². The van der Waals surface area contributed by atoms with E-state index in [4.69, 9.17) is 21.4 Å². The molecule has 0 aromatic heterocycles. The highest BCUT2D eigenvalue weighted by molar-refractivity contribution is 6.30. The second kappa shape index (κ2) is 11.1. The van der Waals surface area contributed by atoms with E-state index < -0.39 is 0 Å². The highest BCUT2D eigenvalue weighted by atomic mass is 35.5. The monoisotopic (exact) mass is 508 g/mol. The average molecular weight is 509 g/mol. The van der Waals surface area contributed by atoms with Crippen LogP contribution in [-0.4, -0.2) is 24.9 Å². The van der Waals surface area contributed by atoms with Crippen LogP contribution < -0.4 is 15.2 Å². The molecule has 1 amide bonds. The first kappa shape index (κ1) is 24.3. The molecular formula is C30H25ClN4O2. The molecule has 1 N–H and O–H groups in total. The predicted octanol–water partition coefficient (Wildman–Crippen LogP) is 6.47. The van der Waals surface area contributed by atoms with Crippen molar-refractivity contribution < 1.29 is 9.53 Å². The lowest BCUT2D eigenvalue weighted by atomic mass is 9.98. The van der Waals surface area contributed by atoms with Gasteiger partial charge in [-0.2, -0.15) is 10.2 Å². The van der Waals surface area contributed by atoms with Crippen LogP contribution in [0.15, 0.2) is 113 Å². The number of benzene rings is 4. The highest BCUT2D eigenvalue weighted by Gasteiger charge is 2.30. The Hall–Kier alpha value is -4.42. The van der Waals surface area contributed by atoms with Gasteiger partial charge in [-0.05, 0) is 65.2 Å². The van der Waals surface area contributed by atoms with Crippen molar-refractivity contribution in [3.8, 4) is 5.75 Å². The van der Waals surface area contributed by atoms with Crippen molar-refractivity contribution in [2.75, 3.05) is 12.1 Å². The number of nitrogens with zero attached hydrogens (tertiary/aromatic N) is 3. The molecule has 0 saturated carbocycles. The minimum absolute atomic E-state index is 0.0289. The lowest BCUT2D eigenvalue weighted by molar-refractivity contribution is 0.0955. The maximum absolute atomic E-state index is 12.2. The van der Waals surface area contributed by atoms with Gasteiger partial charge in [-0.25, -0.2) is 5.43 Å². The SMILES string of the molecule is COc1ccc(C2CC(c3ccc(Cl)cc3)=NN2c2ccc(C=NNC(=O)c3ccccc3)cc2)cc1. The largest absolute Gasteiger partial charge is 0.497 e. The Morgan fingerprint density at radius 2 is 1.68 bits per heavy atom. The lowest BCUT2D eigenvalue weighted by Gasteiger charge is -2.24. The summed E-state index contributed by atoms with van der Waals surface area (Å²) in [6, 6.07) is 32.8. The summed E-state index contributed by atoms with van der Waals surface area (Å²) in [4.78, 5) is 12.2. The third-order valence-corrected chi connectivity index (χ3v) is 6.41. The summed E-state index contributed by atoms with van der Waals surface area (Å²) in [6.07, 6.45) is 2.38. The molecular weight excluding hydrogens is 484 g/mol. The van der Waals surface area contributed by atoms with Crippen LogP contribution >= 0.6 is 11.6 Å². The first-order valence-electron chi connectivity index (χ1n) is 11.9. The van der Waals surface area contributed by atoms with E-state index in [0.717, 1.165) is 40.3 Å². The Bertz CT molecular complexity index is 1420. The number of hydrazone groups is 2. The molecule has 5 rings (SSSR count). The summed E-state index contributed by atoms with van der Waals surface area (Å²) in [5.74, 6) is 0.562. The van der Waals surface area contributed by atoms with E-state index in [1.807, 2.05) is 83.9 Å². The van der Waals surface area contributed by atoms with E-state index in [9.17, 15) is 4.79 Å². The number of hydrogen-bond donors (Lipinski definition) is 1. The summed E-state index contributed by atoms with van der Waals surface area (Å²) in [5, 5.41) is 11.8. The third kappa shape index (κ3) is 5.71. The van der Waals surface area contributed by atoms with Gasteiger partial charge in [0.15, 0.2) is 0 Å². The molecule has 6 nitrogen and oxygen atoms in total. The van der Waals surface area contributed by atoms with Crippen LogP contribution in [0, 0.1) is 0 Å². The smallest absolute Gasteiger partial charge is 0.271 e. The van der Waals surface area contributed by atoms with Gasteiger partial charge in [0.2, 0.25) is 0 Å². The minimum Gasteiger partial charge on any atom is -0.497 e. The van der Waals surface area contributed by atoms with Crippen LogP contribution in [-0.2, 0) is 0 Å². The molecule has 0 bridgehead atoms. The normalized spacial score (nSPS) is 15.0. The molecule has 0 spiro atoms. The van der Waals surface area contributed by atoms with E-state index in [0.29, 0.717) is 10.6 Å². The Kier molecular flexibility index (Phi) is 7.28. The van der Waals surface area contributed by atoms with Crippen LogP contribution in [0.25, 0.3) is 0 Å². The molecule has 0 saturated heterocycles. The fourth-order valence-corrected chi connectivity index (χ4v) is 4.31. The van der Waals surface area contributed by atoms with Crippen molar-refractivity contribution in [3.63, 3.8) is 0 Å². The van der Waals surface area contributed by atoms with Gasteiger partial charge in [0, 0.05) is 17.0 Å². The highest BCUT2D eigenvalue weighted by Crippen LogP contribution is 2.37. The van der Waals surface area contributed by atoms with Crippen LogP contribution in [0.4, 0.5) is 5.69 Å². The standard InChI is InChI=1S/C30H25ClN4O2/c1-37-27-17-11-23(12-18-27)29-19-28(22-9-13-25(31)14-10-22)34-35(29)26-15-7-21(8-16-26)20-32-33-30(36)24-5-3-2-4-6-24/h2-18,20,29H,19H2,1H3,(H,33,36). The Morgan fingerprint density at radius 1 is 0.973 bits per heavy atom. The molecule has 4 aromatic rings. The summed E-state index contributed by atoms with van der Waals surface area (Å²) in [6.45, 7) is 0. The van der Waals surface area contributed by atoms with Gasteiger partial charge < -0.3 is 4.74 Å². The quantitative estimate of drug-likeness (QED) is 0.230. The number of rotatable bonds is 7. The second-order valence-corrected chi connectivity index (χ2v) is 8.98. The lowest BCUT2D eigenvalue weighted by Crippen LogP contribution is -2.18. The molecule has 1 aliphatic heterocycles. The van der Waals surface area contributed by atoms with Crippen LogP contribution in [0.5, 0.6) is 5.75 Å². The number of methoxy groups -OCH3 is 1. The topological polar surface area (TPSA) is 66.3 Å². The maximum atomic E-state index is 12.2. The van der Waals surface area contributed by atoms with E-state index in [1.54, 1.807) is 25.5 Å². The molecule has 4 aromatic carbocycles. The van der Waals surface area contributed by atoms with E-state index >= 15 is 0 Å². The van der Waals surface area contributed by atoms with Crippen molar-refractivity contribution in [2.24, 2.45) is 10.2 Å². The molecule has 37 heavy (non-hydrogen) atoms. The number of anilines is 1. The molecule has 1 aliphatic rings. The fourth-order valence-electron chi connectivity index (χ4n) is 4.18. The molecule has 0 radical (unpaired) electrons. The number of carbonyl (C=O) groups excluding carboxylic acids is 1. The van der Waals surface area contributed by atoms with Crippen molar-refractivity contribution in [2.45, 2.75) is 12.5 Å². The number of amides is 1. The van der Waals surface area contributed by atoms with Gasteiger partial charge in [-0.1, -0.05) is 66.2 Å². The molecule has 0 fully saturated rings. The molecule has 184 valence electrons. The first-order chi connectivity index (χ1) is 18.1. The Balaban J connectivity index is 1.36. The van der Waals surface area contributed by atoms with Crippen molar-refractivity contribution in [1.29, 1.82) is 0 Å². The molecule has 1 heterocycles. The van der Waals surface area contributed by atoms with Crippen LogP contribution in [0.2, 0.25) is 5.02 Å². The number of hydrogen-bond acceptors (Lipinski definition) is 5. The maximum Gasteiger partial charge on any atom is 0.271 e. The average Bonchev–Trinajstić information content (AvgIpc) is 3.40. The van der Waals surface area contributed by atoms with Gasteiger partial charge in [-0.3, -0.25) is 9.80 Å². The second-order valence-electron chi connectivity index (χ2n) is 8.55. The van der Waals surface area contributed by atoms with Crippen molar-refractivity contribution in [1.82, 2.24) is 5.43 Å². The summed E-state index contributed by atoms with van der Waals surface area (Å²) >= 11 is 6.10. The van der Waals surface area contributed by atoms with E-state index in [-0.39, 0.29) is 11.9 Å². The number of ether oxygens (including phenoxy) is 1. The fraction of sp³-hybridized carbons (Fsp3) is 0.100. The zero-order valence-corrected chi connectivity index (χ0v) is 21.0. The summed E-state index contributed by atoms with van der Waals surface area (Å²) in [5.41, 5.74) is 8.11. The Labute approximate surface area is 220 Å². The van der Waals surface area contributed by atoms with Crippen LogP contribution in [0.3, 0.4) is 0 Å². The molecule has 7 heteroatoms. The van der Waals surface area contributed by atoms with Crippen molar-refractivity contribution >= 4 is 35.1 Å². The zero-order valence-electron chi connectivity index (χ0n) is 20.2. The van der Waals surface area contributed by atoms with Crippen molar-refractivity contribution in [3.05, 3.63) is 130 Å². The van der Waals surface area contributed by atoms with E-state index in [2.05, 4.69) is 22.7 Å². The van der Waals surface area contributed by atoms with Gasteiger partial charge in [0.05, 0.1) is 30.8 Å². The van der Waals surface area contributed by atoms with Gasteiger partial charge in [0.25, 0.3) is 5.91 Å². The zero-order chi connectivity index (χ0) is 25.6. The van der Waals surface area contributed by atoms with Gasteiger partial charge >= 0.3 is 0 Å². The summed E-state index contributed by atoms with van der Waals surface area (Å²) < 4.78 is 5.34. The van der Waals surface area contributed by atoms with Crippen LogP contribution in [0.1, 0.15) is 39.5 Å². The molecule has 1 atom stereocenters. The minimum atomic E-state index is -0.253. The first-order valence-corrected chi connectivity index (χ1v) is 12.2. The molecule has 0 aliphatic carbocycles. The predicted molar refractivity (Wildman–Crippen MR) is 149 cm³/mol. The third-order valence-electron chi connectivity index (χ3n) is 6.16.